The van der Waals surface area contributed by atoms with Crippen LogP contribution in [0.25, 0.3) is 0 Å². The molecule has 2 aromatic carbocycles. The average Bonchev–Trinajstić information content (AvgIpc) is 3.19. The van der Waals surface area contributed by atoms with E-state index in [1.54, 1.807) is 5.38 Å². The number of ether oxygens (including phenoxy) is 2. The molecule has 0 fully saturated rings. The molecule has 0 saturated heterocycles. The number of aromatic nitrogens is 1. The number of halogens is 1. The molecule has 0 unspecified atom stereocenters. The fraction of sp³-hybridized carbons (Fsp3) is 0.111. The molecule has 0 spiro atoms. The Balaban J connectivity index is 1.59. The zero-order valence-corrected chi connectivity index (χ0v) is 16.7. The third-order valence-corrected chi connectivity index (χ3v) is 5.76. The quantitative estimate of drug-likeness (QED) is 0.561. The standard InChI is InChI=1S/C18H16FN3O5S2/c1-26-16-10-12(19)2-7-15(16)27-11-17(23)21-13-3-5-14(6-4-13)29(24,25)22-18-20-8-9-28-18/h2-10H,11H2,1H3,(H,20,22)(H,21,23). The molecule has 29 heavy (non-hydrogen) atoms. The molecule has 0 saturated carbocycles. The molecule has 8 nitrogen and oxygen atoms in total. The maximum absolute atomic E-state index is 13.2. The lowest BCUT2D eigenvalue weighted by Crippen LogP contribution is -2.20. The molecule has 0 aliphatic carbocycles. The number of methoxy groups -OCH3 is 1. The second-order valence-electron chi connectivity index (χ2n) is 5.60. The van der Waals surface area contributed by atoms with Gasteiger partial charge in [0.1, 0.15) is 5.82 Å². The van der Waals surface area contributed by atoms with Crippen molar-refractivity contribution in [3.8, 4) is 11.5 Å². The number of nitrogens with zero attached hydrogens (tertiary/aromatic N) is 1. The molecule has 1 aromatic heterocycles. The van der Waals surface area contributed by atoms with Crippen molar-refractivity contribution in [3.63, 3.8) is 0 Å². The van der Waals surface area contributed by atoms with Crippen LogP contribution in [0.4, 0.5) is 15.2 Å². The van der Waals surface area contributed by atoms with Crippen molar-refractivity contribution in [2.24, 2.45) is 0 Å². The summed E-state index contributed by atoms with van der Waals surface area (Å²) in [6, 6.07) is 9.31. The molecular weight excluding hydrogens is 421 g/mol. The average molecular weight is 437 g/mol. The van der Waals surface area contributed by atoms with Gasteiger partial charge < -0.3 is 14.8 Å². The highest BCUT2D eigenvalue weighted by molar-refractivity contribution is 7.93. The lowest BCUT2D eigenvalue weighted by Gasteiger charge is -2.11. The van der Waals surface area contributed by atoms with Gasteiger partial charge in [-0.25, -0.2) is 17.8 Å². The monoisotopic (exact) mass is 437 g/mol. The number of hydrogen-bond donors (Lipinski definition) is 2. The van der Waals surface area contributed by atoms with Gasteiger partial charge in [0, 0.05) is 23.3 Å². The van der Waals surface area contributed by atoms with E-state index < -0.39 is 21.7 Å². The predicted octanol–water partition coefficient (Wildman–Crippen LogP) is 3.11. The van der Waals surface area contributed by atoms with E-state index in [2.05, 4.69) is 15.0 Å². The molecule has 3 aromatic rings. The topological polar surface area (TPSA) is 107 Å². The van der Waals surface area contributed by atoms with Crippen LogP contribution in [-0.2, 0) is 14.8 Å². The van der Waals surface area contributed by atoms with Crippen molar-refractivity contribution >= 4 is 38.1 Å². The Morgan fingerprint density at radius 2 is 1.93 bits per heavy atom. The van der Waals surface area contributed by atoms with Crippen LogP contribution in [0.2, 0.25) is 0 Å². The molecule has 0 atom stereocenters. The van der Waals surface area contributed by atoms with Gasteiger partial charge in [-0.15, -0.1) is 11.3 Å². The molecule has 2 N–H and O–H groups in total. The highest BCUT2D eigenvalue weighted by Crippen LogP contribution is 2.27. The van der Waals surface area contributed by atoms with E-state index in [-0.39, 0.29) is 28.1 Å². The number of carbonyl (C=O) groups is 1. The van der Waals surface area contributed by atoms with Crippen LogP contribution in [0.1, 0.15) is 0 Å². The van der Waals surface area contributed by atoms with Crippen LogP contribution < -0.4 is 19.5 Å². The minimum Gasteiger partial charge on any atom is -0.493 e. The van der Waals surface area contributed by atoms with E-state index >= 15 is 0 Å². The maximum atomic E-state index is 13.2. The summed E-state index contributed by atoms with van der Waals surface area (Å²) < 4.78 is 50.4. The molecule has 11 heteroatoms. The number of hydrogen-bond acceptors (Lipinski definition) is 7. The van der Waals surface area contributed by atoms with E-state index in [9.17, 15) is 17.6 Å². The number of anilines is 2. The van der Waals surface area contributed by atoms with Gasteiger partial charge in [0.05, 0.1) is 12.0 Å². The van der Waals surface area contributed by atoms with Gasteiger partial charge in [-0.3, -0.25) is 9.52 Å². The summed E-state index contributed by atoms with van der Waals surface area (Å²) in [5.74, 6) is -0.579. The van der Waals surface area contributed by atoms with Crippen molar-refractivity contribution in [1.29, 1.82) is 0 Å². The number of rotatable bonds is 8. The summed E-state index contributed by atoms with van der Waals surface area (Å²) >= 11 is 1.16. The summed E-state index contributed by atoms with van der Waals surface area (Å²) in [6.45, 7) is -0.340. The summed E-state index contributed by atoms with van der Waals surface area (Å²) in [5.41, 5.74) is 0.387. The van der Waals surface area contributed by atoms with E-state index in [0.717, 1.165) is 17.4 Å². The van der Waals surface area contributed by atoms with Crippen LogP contribution in [0, 0.1) is 5.82 Å². The van der Waals surface area contributed by atoms with Gasteiger partial charge in [-0.05, 0) is 36.4 Å². The summed E-state index contributed by atoms with van der Waals surface area (Å²) in [7, 11) is -2.41. The second-order valence-corrected chi connectivity index (χ2v) is 8.18. The van der Waals surface area contributed by atoms with Gasteiger partial charge in [0.15, 0.2) is 23.2 Å². The summed E-state index contributed by atoms with van der Waals surface area (Å²) in [5, 5.41) is 4.49. The van der Waals surface area contributed by atoms with Crippen molar-refractivity contribution in [1.82, 2.24) is 4.98 Å². The first-order valence-corrected chi connectivity index (χ1v) is 10.5. The van der Waals surface area contributed by atoms with Gasteiger partial charge >= 0.3 is 0 Å². The SMILES string of the molecule is COc1cc(F)ccc1OCC(=O)Nc1ccc(S(=O)(=O)Nc2nccs2)cc1. The first-order valence-electron chi connectivity index (χ1n) is 8.16. The Labute approximate surface area is 170 Å². The zero-order chi connectivity index (χ0) is 20.9. The summed E-state index contributed by atoms with van der Waals surface area (Å²) in [4.78, 5) is 16.0. The molecule has 0 bridgehead atoms. The van der Waals surface area contributed by atoms with Crippen molar-refractivity contribution in [2.45, 2.75) is 4.90 Å². The van der Waals surface area contributed by atoms with E-state index in [1.165, 1.54) is 49.7 Å². The van der Waals surface area contributed by atoms with Gasteiger partial charge in [-0.1, -0.05) is 0 Å². The molecule has 3 rings (SSSR count). The third kappa shape index (κ3) is 5.42. The number of carbonyl (C=O) groups excluding carboxylic acids is 1. The normalized spacial score (nSPS) is 11.0. The van der Waals surface area contributed by atoms with Crippen LogP contribution in [0.15, 0.2) is 58.9 Å². The minimum absolute atomic E-state index is 0.0259. The largest absolute Gasteiger partial charge is 0.493 e. The maximum Gasteiger partial charge on any atom is 0.263 e. The number of nitrogens with one attached hydrogen (secondary N) is 2. The predicted molar refractivity (Wildman–Crippen MR) is 106 cm³/mol. The van der Waals surface area contributed by atoms with Crippen molar-refractivity contribution in [2.75, 3.05) is 23.8 Å². The highest BCUT2D eigenvalue weighted by Gasteiger charge is 2.16. The first-order chi connectivity index (χ1) is 13.9. The highest BCUT2D eigenvalue weighted by atomic mass is 32.2. The van der Waals surface area contributed by atoms with Crippen molar-refractivity contribution < 1.29 is 27.1 Å². The second kappa shape index (κ2) is 8.88. The molecule has 0 aliphatic rings. The first kappa shape index (κ1) is 20.6. The Morgan fingerprint density at radius 1 is 1.17 bits per heavy atom. The minimum atomic E-state index is -3.77. The van der Waals surface area contributed by atoms with Gasteiger partial charge in [0.2, 0.25) is 0 Å². The lowest BCUT2D eigenvalue weighted by molar-refractivity contribution is -0.118. The van der Waals surface area contributed by atoms with Crippen LogP contribution in [0.3, 0.4) is 0 Å². The Kier molecular flexibility index (Phi) is 6.29. The molecule has 152 valence electrons. The van der Waals surface area contributed by atoms with Gasteiger partial charge in [-0.2, -0.15) is 0 Å². The van der Waals surface area contributed by atoms with E-state index in [4.69, 9.17) is 9.47 Å². The van der Waals surface area contributed by atoms with Gasteiger partial charge in [0.25, 0.3) is 15.9 Å². The molecule has 1 heterocycles. The molecular formula is C18H16FN3O5S2. The Bertz CT molecular complexity index is 1090. The fourth-order valence-corrected chi connectivity index (χ4v) is 4.05. The van der Waals surface area contributed by atoms with Crippen LogP contribution in [0.5, 0.6) is 11.5 Å². The van der Waals surface area contributed by atoms with Crippen LogP contribution in [-0.4, -0.2) is 33.0 Å². The fourth-order valence-electron chi connectivity index (χ4n) is 2.27. The molecule has 0 radical (unpaired) electrons. The number of sulfonamides is 1. The molecule has 0 aliphatic heterocycles. The molecule has 1 amide bonds. The van der Waals surface area contributed by atoms with E-state index in [0.29, 0.717) is 5.69 Å². The Hall–Kier alpha value is -3.18. The van der Waals surface area contributed by atoms with Crippen molar-refractivity contribution in [3.05, 3.63) is 59.9 Å². The van der Waals surface area contributed by atoms with E-state index in [1.807, 2.05) is 0 Å². The smallest absolute Gasteiger partial charge is 0.263 e. The lowest BCUT2D eigenvalue weighted by atomic mass is 10.3. The zero-order valence-electron chi connectivity index (χ0n) is 15.1. The number of amides is 1. The number of thiazole rings is 1. The van der Waals surface area contributed by atoms with Crippen LogP contribution >= 0.6 is 11.3 Å². The number of benzene rings is 2. The Morgan fingerprint density at radius 3 is 2.59 bits per heavy atom. The third-order valence-electron chi connectivity index (χ3n) is 3.59. The summed E-state index contributed by atoms with van der Waals surface area (Å²) in [6.07, 6.45) is 1.49.